The van der Waals surface area contributed by atoms with E-state index < -0.39 is 0 Å². The van der Waals surface area contributed by atoms with Gasteiger partial charge in [-0.25, -0.2) is 0 Å². The molecule has 0 amide bonds. The molecule has 0 aliphatic carbocycles. The minimum absolute atomic E-state index is 0. The van der Waals surface area contributed by atoms with Crippen LogP contribution in [0.4, 0.5) is 0 Å². The van der Waals surface area contributed by atoms with E-state index in [-0.39, 0.29) is 35.8 Å². The van der Waals surface area contributed by atoms with E-state index in [1.54, 1.807) is 32.4 Å². The monoisotopic (exact) mass is 499 g/mol. The Bertz CT molecular complexity index is 794. The summed E-state index contributed by atoms with van der Waals surface area (Å²) in [7, 11) is 3.31. The number of aromatic hydroxyl groups is 1. The lowest BCUT2D eigenvalue weighted by molar-refractivity contribution is 0.239. The molecule has 0 heterocycles. The Labute approximate surface area is 184 Å². The van der Waals surface area contributed by atoms with Crippen LogP contribution in [0.25, 0.3) is 0 Å². The number of hydrogen-bond acceptors (Lipinski definition) is 4. The highest BCUT2D eigenvalue weighted by Gasteiger charge is 2.09. The van der Waals surface area contributed by atoms with Gasteiger partial charge in [0.25, 0.3) is 0 Å². The third kappa shape index (κ3) is 7.10. The fourth-order valence-corrected chi connectivity index (χ4v) is 2.58. The van der Waals surface area contributed by atoms with Gasteiger partial charge in [-0.2, -0.15) is 0 Å². The standard InChI is InChI=1S/C21H29N3O3.HI/c1-14(2)27-20-10-15(3)6-7-16(20)12-23-21(22-4)24-13-17-11-18(26-5)8-9-19(17)25;/h6-11,14,25H,12-13H2,1-5H3,(H2,22,23,24);1H. The van der Waals surface area contributed by atoms with Crippen molar-refractivity contribution in [2.75, 3.05) is 14.2 Å². The zero-order valence-electron chi connectivity index (χ0n) is 17.1. The van der Waals surface area contributed by atoms with E-state index in [4.69, 9.17) is 9.47 Å². The minimum atomic E-state index is 0. The average Bonchev–Trinajstić information content (AvgIpc) is 2.64. The maximum Gasteiger partial charge on any atom is 0.191 e. The third-order valence-corrected chi connectivity index (χ3v) is 3.99. The van der Waals surface area contributed by atoms with E-state index in [9.17, 15) is 5.11 Å². The maximum atomic E-state index is 10.00. The number of nitrogens with one attached hydrogen (secondary N) is 2. The highest BCUT2D eigenvalue weighted by Crippen LogP contribution is 2.23. The number of aliphatic imine (C=N–C) groups is 1. The van der Waals surface area contributed by atoms with Gasteiger partial charge >= 0.3 is 0 Å². The zero-order valence-corrected chi connectivity index (χ0v) is 19.4. The number of rotatable bonds is 7. The molecular weight excluding hydrogens is 469 g/mol. The number of phenolic OH excluding ortho intramolecular Hbond substituents is 1. The van der Waals surface area contributed by atoms with Crippen LogP contribution in [-0.4, -0.2) is 31.3 Å². The number of guanidine groups is 1. The van der Waals surface area contributed by atoms with Crippen molar-refractivity contribution in [3.8, 4) is 17.2 Å². The summed E-state index contributed by atoms with van der Waals surface area (Å²) in [6, 6.07) is 11.3. The molecular formula is C21H30IN3O3. The Morgan fingerprint density at radius 2 is 1.75 bits per heavy atom. The molecule has 0 saturated carbocycles. The molecule has 154 valence electrons. The van der Waals surface area contributed by atoms with Crippen LogP contribution in [-0.2, 0) is 13.1 Å². The lowest BCUT2D eigenvalue weighted by Gasteiger charge is -2.17. The second-order valence-corrected chi connectivity index (χ2v) is 6.55. The van der Waals surface area contributed by atoms with Crippen molar-refractivity contribution in [1.29, 1.82) is 0 Å². The number of methoxy groups -OCH3 is 1. The van der Waals surface area contributed by atoms with Gasteiger partial charge in [-0.1, -0.05) is 12.1 Å². The Morgan fingerprint density at radius 1 is 1.07 bits per heavy atom. The van der Waals surface area contributed by atoms with Gasteiger partial charge in [-0.3, -0.25) is 4.99 Å². The van der Waals surface area contributed by atoms with E-state index in [1.807, 2.05) is 26.8 Å². The number of phenols is 1. The fraction of sp³-hybridized carbons (Fsp3) is 0.381. The highest BCUT2D eigenvalue weighted by molar-refractivity contribution is 14.0. The SMILES string of the molecule is CN=C(NCc1cc(OC)ccc1O)NCc1ccc(C)cc1OC(C)C.I. The van der Waals surface area contributed by atoms with Gasteiger partial charge in [0.2, 0.25) is 0 Å². The molecule has 0 radical (unpaired) electrons. The predicted molar refractivity (Wildman–Crippen MR) is 124 cm³/mol. The maximum absolute atomic E-state index is 10.00. The smallest absolute Gasteiger partial charge is 0.191 e. The second-order valence-electron chi connectivity index (χ2n) is 6.55. The third-order valence-electron chi connectivity index (χ3n) is 3.99. The molecule has 0 spiro atoms. The quantitative estimate of drug-likeness (QED) is 0.306. The Balaban J connectivity index is 0.00000392. The highest BCUT2D eigenvalue weighted by atomic mass is 127. The number of hydrogen-bond donors (Lipinski definition) is 3. The molecule has 2 aromatic rings. The summed E-state index contributed by atoms with van der Waals surface area (Å²) < 4.78 is 11.1. The van der Waals surface area contributed by atoms with Gasteiger partial charge in [0, 0.05) is 31.3 Å². The first kappa shape index (κ1) is 23.9. The molecule has 0 unspecified atom stereocenters. The molecule has 2 aromatic carbocycles. The van der Waals surface area contributed by atoms with Crippen LogP contribution in [0.2, 0.25) is 0 Å². The molecule has 7 heteroatoms. The lowest BCUT2D eigenvalue weighted by atomic mass is 10.1. The summed E-state index contributed by atoms with van der Waals surface area (Å²) in [4.78, 5) is 4.24. The van der Waals surface area contributed by atoms with Crippen molar-refractivity contribution >= 4 is 29.9 Å². The molecule has 28 heavy (non-hydrogen) atoms. The summed E-state index contributed by atoms with van der Waals surface area (Å²) in [5.41, 5.74) is 2.95. The van der Waals surface area contributed by atoms with Gasteiger partial charge in [0.05, 0.1) is 13.2 Å². The van der Waals surface area contributed by atoms with Crippen LogP contribution in [0, 0.1) is 6.92 Å². The van der Waals surface area contributed by atoms with Gasteiger partial charge in [-0.15, -0.1) is 24.0 Å². The van der Waals surface area contributed by atoms with Crippen molar-refractivity contribution in [3.05, 3.63) is 53.1 Å². The number of aryl methyl sites for hydroxylation is 1. The number of benzene rings is 2. The van der Waals surface area contributed by atoms with Gasteiger partial charge in [-0.05, 0) is 50.6 Å². The lowest BCUT2D eigenvalue weighted by Crippen LogP contribution is -2.36. The van der Waals surface area contributed by atoms with Crippen molar-refractivity contribution in [2.24, 2.45) is 4.99 Å². The minimum Gasteiger partial charge on any atom is -0.508 e. The normalized spacial score (nSPS) is 11.0. The van der Waals surface area contributed by atoms with Crippen molar-refractivity contribution < 1.29 is 14.6 Å². The predicted octanol–water partition coefficient (Wildman–Crippen LogP) is 3.98. The van der Waals surface area contributed by atoms with Crippen LogP contribution in [0.15, 0.2) is 41.4 Å². The molecule has 0 fully saturated rings. The fourth-order valence-electron chi connectivity index (χ4n) is 2.58. The summed E-state index contributed by atoms with van der Waals surface area (Å²) in [5, 5.41) is 16.5. The number of ether oxygens (including phenoxy) is 2. The van der Waals surface area contributed by atoms with Crippen molar-refractivity contribution in [1.82, 2.24) is 10.6 Å². The summed E-state index contributed by atoms with van der Waals surface area (Å²) in [5.74, 6) is 2.42. The van der Waals surface area contributed by atoms with Gasteiger partial charge in [0.15, 0.2) is 5.96 Å². The topological polar surface area (TPSA) is 75.1 Å². The first-order chi connectivity index (χ1) is 12.9. The number of halogens is 1. The molecule has 6 nitrogen and oxygen atoms in total. The second kappa shape index (κ2) is 11.6. The van der Waals surface area contributed by atoms with E-state index in [1.165, 1.54) is 0 Å². The van der Waals surface area contributed by atoms with E-state index in [0.717, 1.165) is 22.4 Å². The molecule has 0 aliphatic rings. The first-order valence-electron chi connectivity index (χ1n) is 8.99. The van der Waals surface area contributed by atoms with Gasteiger partial charge < -0.3 is 25.2 Å². The average molecular weight is 499 g/mol. The first-order valence-corrected chi connectivity index (χ1v) is 8.99. The van der Waals surface area contributed by atoms with E-state index >= 15 is 0 Å². The van der Waals surface area contributed by atoms with Gasteiger partial charge in [0.1, 0.15) is 17.2 Å². The van der Waals surface area contributed by atoms with Crippen LogP contribution in [0.1, 0.15) is 30.5 Å². The summed E-state index contributed by atoms with van der Waals surface area (Å²) in [6.07, 6.45) is 0.110. The van der Waals surface area contributed by atoms with Crippen LogP contribution in [0.5, 0.6) is 17.2 Å². The van der Waals surface area contributed by atoms with Crippen LogP contribution < -0.4 is 20.1 Å². The molecule has 0 aliphatic heterocycles. The van der Waals surface area contributed by atoms with Crippen molar-refractivity contribution in [3.63, 3.8) is 0 Å². The van der Waals surface area contributed by atoms with E-state index in [2.05, 4.69) is 27.8 Å². The molecule has 0 aromatic heterocycles. The molecule has 0 saturated heterocycles. The molecule has 2 rings (SSSR count). The zero-order chi connectivity index (χ0) is 19.8. The van der Waals surface area contributed by atoms with Crippen molar-refractivity contribution in [2.45, 2.75) is 40.0 Å². The molecule has 3 N–H and O–H groups in total. The largest absolute Gasteiger partial charge is 0.508 e. The van der Waals surface area contributed by atoms with Crippen LogP contribution >= 0.6 is 24.0 Å². The summed E-state index contributed by atoms with van der Waals surface area (Å²) >= 11 is 0. The van der Waals surface area contributed by atoms with E-state index in [0.29, 0.717) is 24.8 Å². The Morgan fingerprint density at radius 3 is 2.36 bits per heavy atom. The summed E-state index contributed by atoms with van der Waals surface area (Å²) in [6.45, 7) is 7.07. The Kier molecular flexibility index (Phi) is 9.92. The Hall–Kier alpha value is -2.16. The molecule has 0 bridgehead atoms. The van der Waals surface area contributed by atoms with Crippen LogP contribution in [0.3, 0.4) is 0 Å². The molecule has 0 atom stereocenters. The number of nitrogens with zero attached hydrogens (tertiary/aromatic N) is 1.